The molecule has 0 unspecified atom stereocenters. The van der Waals surface area contributed by atoms with Gasteiger partial charge in [-0.1, -0.05) is 18.2 Å². The molecule has 2 aliphatic rings. The van der Waals surface area contributed by atoms with E-state index in [-0.39, 0.29) is 0 Å². The summed E-state index contributed by atoms with van der Waals surface area (Å²) in [5, 5.41) is 18.0. The second kappa shape index (κ2) is 3.52. The first kappa shape index (κ1) is 8.79. The Balaban J connectivity index is 2.26. The largest absolute Gasteiger partial charge is 0.484 e. The van der Waals surface area contributed by atoms with Crippen LogP contribution in [0.4, 0.5) is 0 Å². The van der Waals surface area contributed by atoms with E-state index < -0.39 is 7.12 Å². The molecule has 0 amide bonds. The van der Waals surface area contributed by atoms with Gasteiger partial charge in [-0.05, 0) is 42.3 Å². The fourth-order valence-electron chi connectivity index (χ4n) is 1.92. The Labute approximate surface area is 78.4 Å². The van der Waals surface area contributed by atoms with Gasteiger partial charge in [0.2, 0.25) is 0 Å². The average molecular weight is 176 g/mol. The van der Waals surface area contributed by atoms with E-state index in [0.717, 1.165) is 31.2 Å². The van der Waals surface area contributed by atoms with Gasteiger partial charge in [0.15, 0.2) is 0 Å². The zero-order chi connectivity index (χ0) is 9.26. The van der Waals surface area contributed by atoms with E-state index in [0.29, 0.717) is 0 Å². The van der Waals surface area contributed by atoms with E-state index >= 15 is 0 Å². The lowest BCUT2D eigenvalue weighted by Gasteiger charge is -2.20. The summed E-state index contributed by atoms with van der Waals surface area (Å²) in [5.41, 5.74) is 3.42. The molecule has 0 heterocycles. The standard InChI is InChI=1S/C10H13BO2/c12-11(13)10-6-5-8-3-1-2-4-9(8)7-10/h1,3,7,12-13H,2,4-6H2. The van der Waals surface area contributed by atoms with Crippen LogP contribution >= 0.6 is 0 Å². The maximum Gasteiger partial charge on any atom is 0.484 e. The van der Waals surface area contributed by atoms with Crippen molar-refractivity contribution in [3.8, 4) is 0 Å². The maximum atomic E-state index is 9.01. The summed E-state index contributed by atoms with van der Waals surface area (Å²) in [6.45, 7) is 0. The van der Waals surface area contributed by atoms with E-state index in [1.165, 1.54) is 11.1 Å². The Kier molecular flexibility index (Phi) is 2.38. The zero-order valence-corrected chi connectivity index (χ0v) is 7.53. The van der Waals surface area contributed by atoms with Crippen LogP contribution in [0.1, 0.15) is 25.7 Å². The topological polar surface area (TPSA) is 40.5 Å². The van der Waals surface area contributed by atoms with Crippen LogP contribution in [0.3, 0.4) is 0 Å². The second-order valence-electron chi connectivity index (χ2n) is 3.58. The van der Waals surface area contributed by atoms with Gasteiger partial charge in [0, 0.05) is 0 Å². The van der Waals surface area contributed by atoms with Gasteiger partial charge in [-0.25, -0.2) is 0 Å². The summed E-state index contributed by atoms with van der Waals surface area (Å²) in [5.74, 6) is 0. The predicted octanol–water partition coefficient (Wildman–Crippen LogP) is 1.37. The zero-order valence-electron chi connectivity index (χ0n) is 7.53. The first-order chi connectivity index (χ1) is 6.27. The van der Waals surface area contributed by atoms with Crippen LogP contribution in [0.25, 0.3) is 0 Å². The van der Waals surface area contributed by atoms with Crippen molar-refractivity contribution >= 4 is 7.12 Å². The van der Waals surface area contributed by atoms with E-state index in [1.54, 1.807) is 0 Å². The highest BCUT2D eigenvalue weighted by atomic mass is 16.4. The molecule has 0 spiro atoms. The van der Waals surface area contributed by atoms with Crippen LogP contribution in [0.5, 0.6) is 0 Å². The summed E-state index contributed by atoms with van der Waals surface area (Å²) in [4.78, 5) is 0. The predicted molar refractivity (Wildman–Crippen MR) is 52.9 cm³/mol. The van der Waals surface area contributed by atoms with Crippen molar-refractivity contribution in [3.63, 3.8) is 0 Å². The second-order valence-corrected chi connectivity index (χ2v) is 3.58. The van der Waals surface area contributed by atoms with E-state index in [9.17, 15) is 0 Å². The molecular weight excluding hydrogens is 163 g/mol. The normalized spacial score (nSPS) is 21.2. The lowest BCUT2D eigenvalue weighted by molar-refractivity contribution is 0.416. The third-order valence-corrected chi connectivity index (χ3v) is 2.69. The minimum Gasteiger partial charge on any atom is -0.423 e. The quantitative estimate of drug-likeness (QED) is 0.592. The molecule has 0 fully saturated rings. The van der Waals surface area contributed by atoms with Crippen molar-refractivity contribution in [3.05, 3.63) is 34.8 Å². The van der Waals surface area contributed by atoms with Gasteiger partial charge in [-0.3, -0.25) is 0 Å². The molecular formula is C10H13BO2. The fraction of sp³-hybridized carbons (Fsp3) is 0.400. The summed E-state index contributed by atoms with van der Waals surface area (Å²) >= 11 is 0. The van der Waals surface area contributed by atoms with Gasteiger partial charge < -0.3 is 10.0 Å². The van der Waals surface area contributed by atoms with Crippen molar-refractivity contribution < 1.29 is 10.0 Å². The summed E-state index contributed by atoms with van der Waals surface area (Å²) in [6.07, 6.45) is 10.2. The van der Waals surface area contributed by atoms with Crippen LogP contribution in [-0.2, 0) is 0 Å². The van der Waals surface area contributed by atoms with Crippen LogP contribution in [0.15, 0.2) is 34.8 Å². The molecule has 3 heteroatoms. The first-order valence-corrected chi connectivity index (χ1v) is 4.72. The van der Waals surface area contributed by atoms with Crippen LogP contribution in [-0.4, -0.2) is 17.2 Å². The Bertz CT molecular complexity index is 300. The van der Waals surface area contributed by atoms with Gasteiger partial charge in [0.25, 0.3) is 0 Å². The van der Waals surface area contributed by atoms with Crippen molar-refractivity contribution in [2.24, 2.45) is 0 Å². The lowest BCUT2D eigenvalue weighted by Crippen LogP contribution is -2.18. The highest BCUT2D eigenvalue weighted by Crippen LogP contribution is 2.30. The molecule has 0 aromatic carbocycles. The van der Waals surface area contributed by atoms with Gasteiger partial charge in [-0.15, -0.1) is 0 Å². The third kappa shape index (κ3) is 1.76. The average Bonchev–Trinajstić information content (AvgIpc) is 2.17. The molecule has 0 radical (unpaired) electrons. The molecule has 0 aliphatic heterocycles. The molecule has 0 aromatic heterocycles. The molecule has 0 atom stereocenters. The minimum atomic E-state index is -1.26. The van der Waals surface area contributed by atoms with E-state index in [2.05, 4.69) is 12.2 Å². The lowest BCUT2D eigenvalue weighted by atomic mass is 9.71. The molecule has 0 saturated carbocycles. The fourth-order valence-corrected chi connectivity index (χ4v) is 1.92. The van der Waals surface area contributed by atoms with Crippen LogP contribution < -0.4 is 0 Å². The SMILES string of the molecule is OB(O)C1=CC2=C(C=CCC2)CC1. The highest BCUT2D eigenvalue weighted by Gasteiger charge is 2.20. The summed E-state index contributed by atoms with van der Waals surface area (Å²) in [7, 11) is -1.26. The molecule has 2 rings (SSSR count). The molecule has 0 bridgehead atoms. The van der Waals surface area contributed by atoms with Crippen molar-refractivity contribution in [1.29, 1.82) is 0 Å². The highest BCUT2D eigenvalue weighted by molar-refractivity contribution is 6.50. The molecule has 13 heavy (non-hydrogen) atoms. The van der Waals surface area contributed by atoms with Gasteiger partial charge >= 0.3 is 7.12 Å². The first-order valence-electron chi connectivity index (χ1n) is 4.72. The van der Waals surface area contributed by atoms with Gasteiger partial charge in [-0.2, -0.15) is 0 Å². The smallest absolute Gasteiger partial charge is 0.423 e. The van der Waals surface area contributed by atoms with Gasteiger partial charge in [0.1, 0.15) is 0 Å². The number of hydrogen-bond donors (Lipinski definition) is 2. The number of hydrogen-bond acceptors (Lipinski definition) is 2. The van der Waals surface area contributed by atoms with Gasteiger partial charge in [0.05, 0.1) is 0 Å². The molecule has 68 valence electrons. The van der Waals surface area contributed by atoms with Crippen LogP contribution in [0, 0.1) is 0 Å². The van der Waals surface area contributed by atoms with E-state index in [1.807, 2.05) is 6.08 Å². The minimum absolute atomic E-state index is 0.758. The van der Waals surface area contributed by atoms with Crippen molar-refractivity contribution in [1.82, 2.24) is 0 Å². The number of rotatable bonds is 1. The molecule has 2 nitrogen and oxygen atoms in total. The summed E-state index contributed by atoms with van der Waals surface area (Å²) < 4.78 is 0. The summed E-state index contributed by atoms with van der Waals surface area (Å²) in [6, 6.07) is 0. The Morgan fingerprint density at radius 3 is 2.69 bits per heavy atom. The Morgan fingerprint density at radius 1 is 1.08 bits per heavy atom. The Morgan fingerprint density at radius 2 is 1.92 bits per heavy atom. The number of allylic oxidation sites excluding steroid dienone is 6. The monoisotopic (exact) mass is 176 g/mol. The molecule has 2 aliphatic carbocycles. The van der Waals surface area contributed by atoms with Crippen molar-refractivity contribution in [2.75, 3.05) is 0 Å². The third-order valence-electron chi connectivity index (χ3n) is 2.69. The Hall–Kier alpha value is -0.795. The molecule has 0 aromatic rings. The van der Waals surface area contributed by atoms with Crippen molar-refractivity contribution in [2.45, 2.75) is 25.7 Å². The van der Waals surface area contributed by atoms with E-state index in [4.69, 9.17) is 10.0 Å². The van der Waals surface area contributed by atoms with Crippen LogP contribution in [0.2, 0.25) is 0 Å². The molecule has 2 N–H and O–H groups in total. The maximum absolute atomic E-state index is 9.01. The molecule has 0 saturated heterocycles.